The fraction of sp³-hybridized carbons (Fsp3) is 0.227. The van der Waals surface area contributed by atoms with Crippen molar-refractivity contribution in [2.24, 2.45) is 0 Å². The SMILES string of the molecule is CCOC(=O)C(C#N)=C1SC(Cc2ccc(C)cc2)C(=O)N1c1ccc(Br)cc1. The molecule has 1 aliphatic heterocycles. The smallest absolute Gasteiger partial charge is 0.351 e. The summed E-state index contributed by atoms with van der Waals surface area (Å²) in [6, 6.07) is 17.1. The monoisotopic (exact) mass is 470 g/mol. The molecular weight excluding hydrogens is 452 g/mol. The zero-order valence-corrected chi connectivity index (χ0v) is 18.4. The number of amides is 1. The molecule has 1 amide bonds. The van der Waals surface area contributed by atoms with E-state index in [2.05, 4.69) is 15.9 Å². The van der Waals surface area contributed by atoms with Crippen LogP contribution in [0.2, 0.25) is 0 Å². The van der Waals surface area contributed by atoms with Gasteiger partial charge in [-0.05, 0) is 50.1 Å². The molecule has 29 heavy (non-hydrogen) atoms. The summed E-state index contributed by atoms with van der Waals surface area (Å²) in [5.41, 5.74) is 2.61. The predicted octanol–water partition coefficient (Wildman–Crippen LogP) is 4.75. The number of hydrogen-bond donors (Lipinski definition) is 0. The molecule has 0 N–H and O–H groups in total. The lowest BCUT2D eigenvalue weighted by Crippen LogP contribution is -2.30. The summed E-state index contributed by atoms with van der Waals surface area (Å²) in [6.45, 7) is 3.84. The molecule has 1 fully saturated rings. The molecule has 2 aromatic carbocycles. The lowest BCUT2D eigenvalue weighted by atomic mass is 10.1. The summed E-state index contributed by atoms with van der Waals surface area (Å²) >= 11 is 4.62. The maximum Gasteiger partial charge on any atom is 0.351 e. The van der Waals surface area contributed by atoms with Crippen molar-refractivity contribution < 1.29 is 14.3 Å². The Kier molecular flexibility index (Phi) is 6.78. The Balaban J connectivity index is 2.02. The molecule has 1 aliphatic rings. The van der Waals surface area contributed by atoms with Crippen LogP contribution in [0.3, 0.4) is 0 Å². The van der Waals surface area contributed by atoms with E-state index in [1.165, 1.54) is 16.7 Å². The maximum atomic E-state index is 13.3. The minimum Gasteiger partial charge on any atom is -0.462 e. The number of thioether (sulfide) groups is 1. The van der Waals surface area contributed by atoms with Gasteiger partial charge in [-0.1, -0.05) is 57.5 Å². The van der Waals surface area contributed by atoms with Crippen LogP contribution < -0.4 is 4.90 Å². The van der Waals surface area contributed by atoms with E-state index in [0.717, 1.165) is 15.6 Å². The molecule has 5 nitrogen and oxygen atoms in total. The molecule has 0 bridgehead atoms. The third kappa shape index (κ3) is 4.72. The zero-order valence-electron chi connectivity index (χ0n) is 16.0. The van der Waals surface area contributed by atoms with Crippen LogP contribution in [0.4, 0.5) is 5.69 Å². The number of anilines is 1. The normalized spacial score (nSPS) is 17.8. The highest BCUT2D eigenvalue weighted by molar-refractivity contribution is 9.10. The Hall–Kier alpha value is -2.56. The molecule has 0 radical (unpaired) electrons. The van der Waals surface area contributed by atoms with Crippen LogP contribution in [0, 0.1) is 18.3 Å². The van der Waals surface area contributed by atoms with Crippen molar-refractivity contribution in [3.63, 3.8) is 0 Å². The molecule has 2 aromatic rings. The second-order valence-electron chi connectivity index (χ2n) is 6.46. The average molecular weight is 471 g/mol. The molecule has 0 aliphatic carbocycles. The standard InChI is InChI=1S/C22H19BrN2O3S/c1-3-28-22(27)18(13-24)21-25(17-10-8-16(23)9-11-17)20(26)19(29-21)12-15-6-4-14(2)5-7-15/h4-11,19H,3,12H2,1-2H3. The number of ether oxygens (including phenoxy) is 1. The molecule has 7 heteroatoms. The van der Waals surface area contributed by atoms with Crippen molar-refractivity contribution in [3.8, 4) is 6.07 Å². The Morgan fingerprint density at radius 1 is 1.21 bits per heavy atom. The number of nitrogens with zero attached hydrogens (tertiary/aromatic N) is 2. The van der Waals surface area contributed by atoms with Gasteiger partial charge >= 0.3 is 5.97 Å². The van der Waals surface area contributed by atoms with Crippen molar-refractivity contribution in [1.82, 2.24) is 0 Å². The summed E-state index contributed by atoms with van der Waals surface area (Å²) in [4.78, 5) is 27.1. The first-order chi connectivity index (χ1) is 13.9. The van der Waals surface area contributed by atoms with Gasteiger partial charge in [0.25, 0.3) is 0 Å². The number of nitriles is 1. The van der Waals surface area contributed by atoms with E-state index < -0.39 is 11.2 Å². The number of carbonyl (C=O) groups is 2. The fourth-order valence-corrected chi connectivity index (χ4v) is 4.50. The van der Waals surface area contributed by atoms with Gasteiger partial charge in [-0.15, -0.1) is 0 Å². The van der Waals surface area contributed by atoms with Gasteiger partial charge in [0.05, 0.1) is 11.9 Å². The molecule has 0 saturated carbocycles. The summed E-state index contributed by atoms with van der Waals surface area (Å²) < 4.78 is 5.90. The molecule has 1 saturated heterocycles. The van der Waals surface area contributed by atoms with Crippen LogP contribution >= 0.6 is 27.7 Å². The van der Waals surface area contributed by atoms with Gasteiger partial charge in [-0.3, -0.25) is 9.69 Å². The van der Waals surface area contributed by atoms with E-state index >= 15 is 0 Å². The third-order valence-electron chi connectivity index (χ3n) is 4.38. The van der Waals surface area contributed by atoms with Crippen molar-refractivity contribution in [3.05, 3.63) is 74.7 Å². The summed E-state index contributed by atoms with van der Waals surface area (Å²) in [6.07, 6.45) is 0.502. The van der Waals surface area contributed by atoms with Crippen molar-refractivity contribution in [1.29, 1.82) is 5.26 Å². The Morgan fingerprint density at radius 3 is 2.45 bits per heavy atom. The van der Waals surface area contributed by atoms with Gasteiger partial charge in [0, 0.05) is 10.2 Å². The van der Waals surface area contributed by atoms with Crippen LogP contribution in [0.25, 0.3) is 0 Å². The third-order valence-corrected chi connectivity index (χ3v) is 6.18. The van der Waals surface area contributed by atoms with Crippen LogP contribution in [0.15, 0.2) is 63.6 Å². The minimum absolute atomic E-state index is 0.153. The molecule has 1 unspecified atom stereocenters. The molecule has 148 valence electrons. The van der Waals surface area contributed by atoms with E-state index in [4.69, 9.17) is 4.74 Å². The molecule has 3 rings (SSSR count). The van der Waals surface area contributed by atoms with Crippen LogP contribution in [-0.2, 0) is 20.7 Å². The zero-order chi connectivity index (χ0) is 21.0. The highest BCUT2D eigenvalue weighted by Gasteiger charge is 2.41. The highest BCUT2D eigenvalue weighted by atomic mass is 79.9. The maximum absolute atomic E-state index is 13.3. The van der Waals surface area contributed by atoms with Crippen LogP contribution in [0.5, 0.6) is 0 Å². The highest BCUT2D eigenvalue weighted by Crippen LogP contribution is 2.42. The summed E-state index contributed by atoms with van der Waals surface area (Å²) in [7, 11) is 0. The molecule has 0 spiro atoms. The summed E-state index contributed by atoms with van der Waals surface area (Å²) in [5.74, 6) is -0.881. The lowest BCUT2D eigenvalue weighted by Gasteiger charge is -2.18. The van der Waals surface area contributed by atoms with Crippen molar-refractivity contribution >= 4 is 45.3 Å². The summed E-state index contributed by atoms with van der Waals surface area (Å²) in [5, 5.41) is 9.50. The number of carbonyl (C=O) groups excluding carboxylic acids is 2. The van der Waals surface area contributed by atoms with Crippen molar-refractivity contribution in [2.75, 3.05) is 11.5 Å². The first-order valence-corrected chi connectivity index (χ1v) is 10.7. The minimum atomic E-state index is -0.719. The van der Waals surface area contributed by atoms with E-state index in [1.54, 1.807) is 19.1 Å². The number of halogens is 1. The average Bonchev–Trinajstić information content (AvgIpc) is 3.01. The van der Waals surface area contributed by atoms with Crippen LogP contribution in [-0.4, -0.2) is 23.7 Å². The molecule has 1 heterocycles. The molecular formula is C22H19BrN2O3S. The van der Waals surface area contributed by atoms with Gasteiger partial charge < -0.3 is 4.74 Å². The van der Waals surface area contributed by atoms with Gasteiger partial charge in [0.1, 0.15) is 11.1 Å². The van der Waals surface area contributed by atoms with Gasteiger partial charge in [-0.2, -0.15) is 5.26 Å². The molecule has 1 atom stereocenters. The Bertz CT molecular complexity index is 994. The van der Waals surface area contributed by atoms with Gasteiger partial charge in [0.2, 0.25) is 5.91 Å². The Labute approximate surface area is 182 Å². The van der Waals surface area contributed by atoms with E-state index in [9.17, 15) is 14.9 Å². The Morgan fingerprint density at radius 2 is 1.86 bits per heavy atom. The quantitative estimate of drug-likeness (QED) is 0.358. The van der Waals surface area contributed by atoms with E-state index in [1.807, 2.05) is 49.4 Å². The number of rotatable bonds is 5. The first kappa shape index (κ1) is 21.2. The van der Waals surface area contributed by atoms with Crippen molar-refractivity contribution in [2.45, 2.75) is 25.5 Å². The number of hydrogen-bond acceptors (Lipinski definition) is 5. The number of aryl methyl sites for hydroxylation is 1. The predicted molar refractivity (Wildman–Crippen MR) is 117 cm³/mol. The second kappa shape index (κ2) is 9.29. The fourth-order valence-electron chi connectivity index (χ4n) is 2.94. The van der Waals surface area contributed by atoms with Crippen LogP contribution in [0.1, 0.15) is 18.1 Å². The molecule has 0 aromatic heterocycles. The number of benzene rings is 2. The lowest BCUT2D eigenvalue weighted by molar-refractivity contribution is -0.138. The largest absolute Gasteiger partial charge is 0.462 e. The first-order valence-electron chi connectivity index (χ1n) is 9.07. The van der Waals surface area contributed by atoms with Gasteiger partial charge in [-0.25, -0.2) is 4.79 Å². The van der Waals surface area contributed by atoms with E-state index in [-0.39, 0.29) is 18.1 Å². The number of esters is 1. The topological polar surface area (TPSA) is 70.4 Å². The van der Waals surface area contributed by atoms with E-state index in [0.29, 0.717) is 17.1 Å². The van der Waals surface area contributed by atoms with Gasteiger partial charge in [0.15, 0.2) is 5.57 Å². The second-order valence-corrected chi connectivity index (χ2v) is 8.57.